The zero-order chi connectivity index (χ0) is 16.7. The topological polar surface area (TPSA) is 75.5 Å². The summed E-state index contributed by atoms with van der Waals surface area (Å²) in [5, 5.41) is 7.07. The predicted octanol–water partition coefficient (Wildman–Crippen LogP) is 1.89. The Kier molecular flexibility index (Phi) is 3.57. The van der Waals surface area contributed by atoms with E-state index in [1.807, 2.05) is 41.3 Å². The minimum absolute atomic E-state index is 0.0830. The molecule has 0 unspecified atom stereocenters. The fourth-order valence-corrected chi connectivity index (χ4v) is 3.18. The van der Waals surface area contributed by atoms with Crippen LogP contribution in [0.3, 0.4) is 0 Å². The van der Waals surface area contributed by atoms with E-state index in [0.29, 0.717) is 25.5 Å². The van der Waals surface area contributed by atoms with Gasteiger partial charge in [0.05, 0.1) is 31.1 Å². The number of carbonyl (C=O) groups is 1. The lowest BCUT2D eigenvalue weighted by Crippen LogP contribution is -2.44. The molecule has 0 radical (unpaired) electrons. The van der Waals surface area contributed by atoms with Gasteiger partial charge in [0.2, 0.25) is 0 Å². The highest BCUT2D eigenvalue weighted by Gasteiger charge is 2.32. The van der Waals surface area contributed by atoms with Crippen LogP contribution in [0.15, 0.2) is 30.6 Å². The summed E-state index contributed by atoms with van der Waals surface area (Å²) in [6.45, 7) is 5.50. The van der Waals surface area contributed by atoms with Gasteiger partial charge in [-0.3, -0.25) is 9.89 Å². The molecular weight excluding hydrogens is 306 g/mol. The molecule has 1 amide bonds. The quantitative estimate of drug-likeness (QED) is 0.781. The van der Waals surface area contributed by atoms with E-state index in [-0.39, 0.29) is 11.9 Å². The first kappa shape index (κ1) is 14.9. The van der Waals surface area contributed by atoms with Crippen LogP contribution in [-0.2, 0) is 4.74 Å². The van der Waals surface area contributed by atoms with Crippen LogP contribution in [-0.4, -0.2) is 50.1 Å². The number of aryl methyl sites for hydroxylation is 2. The van der Waals surface area contributed by atoms with E-state index in [2.05, 4.69) is 15.2 Å². The van der Waals surface area contributed by atoms with Gasteiger partial charge in [0, 0.05) is 18.4 Å². The molecule has 1 aliphatic heterocycles. The van der Waals surface area contributed by atoms with Gasteiger partial charge < -0.3 is 14.0 Å². The molecule has 4 rings (SSSR count). The molecule has 0 aromatic carbocycles. The van der Waals surface area contributed by atoms with E-state index >= 15 is 0 Å². The monoisotopic (exact) mass is 325 g/mol. The highest BCUT2D eigenvalue weighted by atomic mass is 16.5. The number of morpholine rings is 1. The maximum atomic E-state index is 13.1. The van der Waals surface area contributed by atoms with Gasteiger partial charge >= 0.3 is 0 Å². The van der Waals surface area contributed by atoms with Crippen LogP contribution in [0.25, 0.3) is 5.65 Å². The van der Waals surface area contributed by atoms with Crippen LogP contribution in [0, 0.1) is 13.8 Å². The molecule has 3 aromatic rings. The average Bonchev–Trinajstić information content (AvgIpc) is 3.21. The number of pyridine rings is 1. The van der Waals surface area contributed by atoms with Crippen LogP contribution in [0.2, 0.25) is 0 Å². The van der Waals surface area contributed by atoms with Crippen molar-refractivity contribution in [2.75, 3.05) is 19.8 Å². The van der Waals surface area contributed by atoms with Crippen molar-refractivity contribution in [3.8, 4) is 0 Å². The number of aromatic amines is 1. The van der Waals surface area contributed by atoms with Crippen LogP contribution in [0.4, 0.5) is 0 Å². The van der Waals surface area contributed by atoms with Crippen molar-refractivity contribution < 1.29 is 9.53 Å². The van der Waals surface area contributed by atoms with Crippen molar-refractivity contribution in [3.05, 3.63) is 53.2 Å². The van der Waals surface area contributed by atoms with Gasteiger partial charge in [0.1, 0.15) is 11.3 Å². The Morgan fingerprint density at radius 3 is 3.00 bits per heavy atom. The number of carbonyl (C=O) groups excluding carboxylic acids is 1. The largest absolute Gasteiger partial charge is 0.377 e. The van der Waals surface area contributed by atoms with Gasteiger partial charge in [0.25, 0.3) is 5.91 Å². The molecule has 0 aliphatic carbocycles. The standard InChI is InChI=1S/C17H19N5O2/c1-11-8-18-20-16(11)14-10-24-7-6-21(14)17(23)13-9-22-12(2)4-3-5-15(22)19-13/h3-5,8-9,14H,6-7,10H2,1-2H3,(H,18,20)/t14-/m1/s1. The number of nitrogens with zero attached hydrogens (tertiary/aromatic N) is 4. The Morgan fingerprint density at radius 2 is 2.25 bits per heavy atom. The third-order valence-corrected chi connectivity index (χ3v) is 4.51. The number of hydrogen-bond donors (Lipinski definition) is 1. The van der Waals surface area contributed by atoms with Crippen molar-refractivity contribution in [2.24, 2.45) is 0 Å². The average molecular weight is 325 g/mol. The summed E-state index contributed by atoms with van der Waals surface area (Å²) in [5.74, 6) is -0.0830. The molecule has 1 atom stereocenters. The van der Waals surface area contributed by atoms with E-state index < -0.39 is 0 Å². The third kappa shape index (κ3) is 2.37. The van der Waals surface area contributed by atoms with E-state index in [9.17, 15) is 4.79 Å². The minimum atomic E-state index is -0.167. The number of amides is 1. The zero-order valence-electron chi connectivity index (χ0n) is 13.7. The van der Waals surface area contributed by atoms with Gasteiger partial charge in [-0.05, 0) is 31.5 Å². The fraction of sp³-hybridized carbons (Fsp3) is 0.353. The Hall–Kier alpha value is -2.67. The number of nitrogens with one attached hydrogen (secondary N) is 1. The molecular formula is C17H19N5O2. The Labute approximate surface area is 139 Å². The molecule has 0 spiro atoms. The molecule has 0 saturated carbocycles. The van der Waals surface area contributed by atoms with Crippen molar-refractivity contribution in [1.82, 2.24) is 24.5 Å². The smallest absolute Gasteiger partial charge is 0.274 e. The summed E-state index contributed by atoms with van der Waals surface area (Å²) < 4.78 is 7.52. The first-order valence-electron chi connectivity index (χ1n) is 7.98. The molecule has 1 N–H and O–H groups in total. The van der Waals surface area contributed by atoms with Crippen LogP contribution in [0.1, 0.15) is 33.5 Å². The van der Waals surface area contributed by atoms with Crippen molar-refractivity contribution in [2.45, 2.75) is 19.9 Å². The molecule has 24 heavy (non-hydrogen) atoms. The maximum Gasteiger partial charge on any atom is 0.274 e. The number of ether oxygens (including phenoxy) is 1. The molecule has 3 aromatic heterocycles. The molecule has 4 heterocycles. The number of aromatic nitrogens is 4. The van der Waals surface area contributed by atoms with E-state index in [1.165, 1.54) is 0 Å². The maximum absolute atomic E-state index is 13.1. The Bertz CT molecular complexity index is 897. The summed E-state index contributed by atoms with van der Waals surface area (Å²) in [6, 6.07) is 5.67. The summed E-state index contributed by atoms with van der Waals surface area (Å²) in [4.78, 5) is 19.4. The Balaban J connectivity index is 1.70. The molecule has 1 aliphatic rings. The summed E-state index contributed by atoms with van der Waals surface area (Å²) in [7, 11) is 0. The Morgan fingerprint density at radius 1 is 1.38 bits per heavy atom. The molecule has 0 bridgehead atoms. The first-order chi connectivity index (χ1) is 11.6. The lowest BCUT2D eigenvalue weighted by molar-refractivity contribution is -0.00434. The van der Waals surface area contributed by atoms with Crippen molar-refractivity contribution in [1.29, 1.82) is 0 Å². The summed E-state index contributed by atoms with van der Waals surface area (Å²) in [5.41, 5.74) is 4.22. The molecule has 7 heteroatoms. The molecule has 1 fully saturated rings. The van der Waals surface area contributed by atoms with Crippen molar-refractivity contribution >= 4 is 11.6 Å². The summed E-state index contributed by atoms with van der Waals surface area (Å²) >= 11 is 0. The number of hydrogen-bond acceptors (Lipinski definition) is 4. The highest BCUT2D eigenvalue weighted by molar-refractivity contribution is 5.93. The second-order valence-corrected chi connectivity index (χ2v) is 6.08. The lowest BCUT2D eigenvalue weighted by Gasteiger charge is -2.34. The van der Waals surface area contributed by atoms with E-state index in [0.717, 1.165) is 22.6 Å². The van der Waals surface area contributed by atoms with Gasteiger partial charge in [-0.15, -0.1) is 0 Å². The highest BCUT2D eigenvalue weighted by Crippen LogP contribution is 2.26. The normalized spacial score (nSPS) is 18.2. The van der Waals surface area contributed by atoms with Crippen LogP contribution in [0.5, 0.6) is 0 Å². The van der Waals surface area contributed by atoms with E-state index in [1.54, 1.807) is 12.4 Å². The van der Waals surface area contributed by atoms with Crippen LogP contribution >= 0.6 is 0 Å². The zero-order valence-corrected chi connectivity index (χ0v) is 13.7. The van der Waals surface area contributed by atoms with Gasteiger partial charge in [-0.2, -0.15) is 5.10 Å². The minimum Gasteiger partial charge on any atom is -0.377 e. The second-order valence-electron chi connectivity index (χ2n) is 6.08. The second kappa shape index (κ2) is 5.76. The van der Waals surface area contributed by atoms with Crippen molar-refractivity contribution in [3.63, 3.8) is 0 Å². The fourth-order valence-electron chi connectivity index (χ4n) is 3.18. The van der Waals surface area contributed by atoms with E-state index in [4.69, 9.17) is 4.74 Å². The number of H-pyrrole nitrogens is 1. The predicted molar refractivity (Wildman–Crippen MR) is 87.9 cm³/mol. The third-order valence-electron chi connectivity index (χ3n) is 4.51. The SMILES string of the molecule is Cc1cn[nH]c1[C@H]1COCCN1C(=O)c1cn2c(C)cccc2n1. The molecule has 7 nitrogen and oxygen atoms in total. The first-order valence-corrected chi connectivity index (χ1v) is 7.98. The summed E-state index contributed by atoms with van der Waals surface area (Å²) in [6.07, 6.45) is 3.57. The van der Waals surface area contributed by atoms with Gasteiger partial charge in [-0.1, -0.05) is 6.07 Å². The molecule has 1 saturated heterocycles. The van der Waals surface area contributed by atoms with Crippen LogP contribution < -0.4 is 0 Å². The lowest BCUT2D eigenvalue weighted by atomic mass is 10.1. The van der Waals surface area contributed by atoms with Gasteiger partial charge in [-0.25, -0.2) is 4.98 Å². The van der Waals surface area contributed by atoms with Gasteiger partial charge in [0.15, 0.2) is 0 Å². The number of imidazole rings is 1. The number of fused-ring (bicyclic) bond motifs is 1. The number of rotatable bonds is 2. The molecule has 124 valence electrons.